The number of methoxy groups -OCH3 is 1. The lowest BCUT2D eigenvalue weighted by Gasteiger charge is -2.06. The first-order valence-electron chi connectivity index (χ1n) is 6.13. The number of ether oxygens (including phenoxy) is 1. The van der Waals surface area contributed by atoms with Crippen molar-refractivity contribution >= 4 is 5.91 Å². The van der Waals surface area contributed by atoms with Crippen molar-refractivity contribution in [1.82, 2.24) is 5.32 Å². The van der Waals surface area contributed by atoms with Gasteiger partial charge in [0.05, 0.1) is 13.5 Å². The van der Waals surface area contributed by atoms with E-state index < -0.39 is 0 Å². The third kappa shape index (κ3) is 4.14. The van der Waals surface area contributed by atoms with Gasteiger partial charge < -0.3 is 10.1 Å². The number of rotatable bonds is 5. The Hall–Kier alpha value is -2.29. The maximum Gasteiger partial charge on any atom is 0.224 e. The van der Waals surface area contributed by atoms with Crippen LogP contribution < -0.4 is 10.1 Å². The summed E-state index contributed by atoms with van der Waals surface area (Å²) >= 11 is 0. The first-order chi connectivity index (χ1) is 9.28. The molecule has 0 saturated carbocycles. The molecule has 2 aromatic rings. The highest BCUT2D eigenvalue weighted by Gasteiger charge is 2.03. The molecule has 0 aliphatic rings. The van der Waals surface area contributed by atoms with Crippen LogP contribution in [0.25, 0.3) is 0 Å². The Balaban J connectivity index is 1.83. The Kier molecular flexibility index (Phi) is 4.56. The van der Waals surface area contributed by atoms with Gasteiger partial charge in [-0.05, 0) is 29.3 Å². The Morgan fingerprint density at radius 2 is 2.00 bits per heavy atom. The van der Waals surface area contributed by atoms with Gasteiger partial charge in [-0.3, -0.25) is 4.79 Å². The first-order valence-corrected chi connectivity index (χ1v) is 6.13. The number of hydrogen-bond donors (Lipinski definition) is 1. The van der Waals surface area contributed by atoms with Crippen molar-refractivity contribution in [2.45, 2.75) is 13.0 Å². The molecule has 1 radical (unpaired) electrons. The molecule has 1 N–H and O–H groups in total. The average molecular weight is 254 g/mol. The van der Waals surface area contributed by atoms with E-state index >= 15 is 0 Å². The first kappa shape index (κ1) is 13.1. The van der Waals surface area contributed by atoms with Crippen LogP contribution >= 0.6 is 0 Å². The summed E-state index contributed by atoms with van der Waals surface area (Å²) in [6, 6.07) is 18.2. The van der Waals surface area contributed by atoms with Crippen LogP contribution in [-0.2, 0) is 17.8 Å². The van der Waals surface area contributed by atoms with Gasteiger partial charge in [0.15, 0.2) is 0 Å². The van der Waals surface area contributed by atoms with Gasteiger partial charge in [-0.25, -0.2) is 0 Å². The van der Waals surface area contributed by atoms with Crippen LogP contribution in [0.15, 0.2) is 48.5 Å². The molecule has 3 nitrogen and oxygen atoms in total. The van der Waals surface area contributed by atoms with E-state index in [1.165, 1.54) is 0 Å². The third-order valence-electron chi connectivity index (χ3n) is 2.77. The molecule has 97 valence electrons. The predicted octanol–water partition coefficient (Wildman–Crippen LogP) is 2.35. The Labute approximate surface area is 113 Å². The lowest BCUT2D eigenvalue weighted by atomic mass is 10.1. The maximum atomic E-state index is 11.8. The molecule has 0 unspecified atom stereocenters. The molecule has 3 heteroatoms. The Morgan fingerprint density at radius 3 is 2.63 bits per heavy atom. The van der Waals surface area contributed by atoms with Crippen molar-refractivity contribution < 1.29 is 9.53 Å². The number of nitrogens with one attached hydrogen (secondary N) is 1. The molecule has 0 aliphatic heterocycles. The molecule has 2 rings (SSSR count). The van der Waals surface area contributed by atoms with Crippen LogP contribution in [0.4, 0.5) is 0 Å². The number of hydrogen-bond acceptors (Lipinski definition) is 2. The molecular weight excluding hydrogens is 238 g/mol. The Morgan fingerprint density at radius 1 is 1.21 bits per heavy atom. The summed E-state index contributed by atoms with van der Waals surface area (Å²) < 4.78 is 5.08. The summed E-state index contributed by atoms with van der Waals surface area (Å²) in [4.78, 5) is 11.8. The maximum absolute atomic E-state index is 11.8. The van der Waals surface area contributed by atoms with Gasteiger partial charge in [-0.2, -0.15) is 0 Å². The minimum atomic E-state index is -0.00160. The van der Waals surface area contributed by atoms with Crippen LogP contribution in [0.5, 0.6) is 5.75 Å². The quantitative estimate of drug-likeness (QED) is 0.889. The highest BCUT2D eigenvalue weighted by Crippen LogP contribution is 2.11. The van der Waals surface area contributed by atoms with E-state index in [0.717, 1.165) is 16.9 Å². The second kappa shape index (κ2) is 6.59. The fraction of sp³-hybridized carbons (Fsp3) is 0.188. The van der Waals surface area contributed by atoms with Crippen molar-refractivity contribution in [2.24, 2.45) is 0 Å². The monoisotopic (exact) mass is 254 g/mol. The van der Waals surface area contributed by atoms with Crippen molar-refractivity contribution in [3.63, 3.8) is 0 Å². The van der Waals surface area contributed by atoms with Crippen molar-refractivity contribution in [3.8, 4) is 5.75 Å². The molecule has 1 amide bonds. The molecule has 0 heterocycles. The topological polar surface area (TPSA) is 38.3 Å². The minimum Gasteiger partial charge on any atom is -0.497 e. The molecule has 0 aromatic heterocycles. The van der Waals surface area contributed by atoms with E-state index in [9.17, 15) is 4.79 Å². The van der Waals surface area contributed by atoms with E-state index in [4.69, 9.17) is 4.74 Å². The lowest BCUT2D eigenvalue weighted by molar-refractivity contribution is -0.120. The average Bonchev–Trinajstić information content (AvgIpc) is 2.47. The van der Waals surface area contributed by atoms with Crippen molar-refractivity contribution in [3.05, 3.63) is 65.7 Å². The van der Waals surface area contributed by atoms with E-state index in [0.29, 0.717) is 13.0 Å². The standard InChI is InChI=1S/C16H16NO2/c1-19-15-9-7-14(8-10-15)12-17-16(18)11-13-5-3-2-4-6-13/h2-5,7-10H,11-12H2,1H3,(H,17,18). The summed E-state index contributed by atoms with van der Waals surface area (Å²) in [7, 11) is 1.63. The lowest BCUT2D eigenvalue weighted by Crippen LogP contribution is -2.24. The zero-order chi connectivity index (χ0) is 13.5. The van der Waals surface area contributed by atoms with Crippen LogP contribution in [0, 0.1) is 6.07 Å². The summed E-state index contributed by atoms with van der Waals surface area (Å²) in [5, 5.41) is 2.89. The second-order valence-electron chi connectivity index (χ2n) is 4.19. The molecule has 0 atom stereocenters. The fourth-order valence-corrected chi connectivity index (χ4v) is 1.72. The zero-order valence-electron chi connectivity index (χ0n) is 10.8. The van der Waals surface area contributed by atoms with Gasteiger partial charge >= 0.3 is 0 Å². The number of carbonyl (C=O) groups is 1. The SMILES string of the molecule is COc1ccc(CNC(=O)Cc2[c]cccc2)cc1. The number of amides is 1. The van der Waals surface area contributed by atoms with Gasteiger partial charge in [0.25, 0.3) is 0 Å². The normalized spacial score (nSPS) is 9.95. The van der Waals surface area contributed by atoms with Gasteiger partial charge in [0.2, 0.25) is 5.91 Å². The van der Waals surface area contributed by atoms with Gasteiger partial charge in [-0.15, -0.1) is 0 Å². The van der Waals surface area contributed by atoms with E-state index in [2.05, 4.69) is 11.4 Å². The van der Waals surface area contributed by atoms with Gasteiger partial charge in [0.1, 0.15) is 5.75 Å². The molecule has 19 heavy (non-hydrogen) atoms. The molecule has 0 saturated heterocycles. The molecule has 0 bridgehead atoms. The van der Waals surface area contributed by atoms with E-state index in [1.54, 1.807) is 7.11 Å². The smallest absolute Gasteiger partial charge is 0.224 e. The summed E-state index contributed by atoms with van der Waals surface area (Å²) in [6.07, 6.45) is 0.358. The largest absolute Gasteiger partial charge is 0.497 e. The molecule has 0 fully saturated rings. The molecule has 0 spiro atoms. The molecular formula is C16H16NO2. The highest BCUT2D eigenvalue weighted by atomic mass is 16.5. The molecule has 2 aromatic carbocycles. The fourth-order valence-electron chi connectivity index (χ4n) is 1.72. The van der Waals surface area contributed by atoms with Crippen LogP contribution in [0.2, 0.25) is 0 Å². The van der Waals surface area contributed by atoms with Gasteiger partial charge in [0, 0.05) is 6.54 Å². The van der Waals surface area contributed by atoms with Crippen molar-refractivity contribution in [2.75, 3.05) is 7.11 Å². The highest BCUT2D eigenvalue weighted by molar-refractivity contribution is 5.78. The molecule has 0 aliphatic carbocycles. The van der Waals surface area contributed by atoms with Crippen LogP contribution in [0.3, 0.4) is 0 Å². The zero-order valence-corrected chi connectivity index (χ0v) is 10.8. The summed E-state index contributed by atoms with van der Waals surface area (Å²) in [5.74, 6) is 0.812. The van der Waals surface area contributed by atoms with E-state index in [1.807, 2.05) is 48.5 Å². The Bertz CT molecular complexity index is 520. The van der Waals surface area contributed by atoms with Crippen LogP contribution in [0.1, 0.15) is 11.1 Å². The van der Waals surface area contributed by atoms with E-state index in [-0.39, 0.29) is 5.91 Å². The summed E-state index contributed by atoms with van der Waals surface area (Å²) in [5.41, 5.74) is 1.95. The van der Waals surface area contributed by atoms with Crippen molar-refractivity contribution in [1.29, 1.82) is 0 Å². The third-order valence-corrected chi connectivity index (χ3v) is 2.77. The number of benzene rings is 2. The minimum absolute atomic E-state index is 0.00160. The van der Waals surface area contributed by atoms with Gasteiger partial charge in [-0.1, -0.05) is 36.4 Å². The second-order valence-corrected chi connectivity index (χ2v) is 4.19. The summed E-state index contributed by atoms with van der Waals surface area (Å²) in [6.45, 7) is 0.523. The number of carbonyl (C=O) groups excluding carboxylic acids is 1. The van der Waals surface area contributed by atoms with Crippen LogP contribution in [-0.4, -0.2) is 13.0 Å². The predicted molar refractivity (Wildman–Crippen MR) is 73.8 cm³/mol.